The Morgan fingerprint density at radius 1 is 1.26 bits per heavy atom. The molecule has 1 fully saturated rings. The van der Waals surface area contributed by atoms with Crippen LogP contribution in [-0.2, 0) is 11.3 Å². The number of hydrogen-bond acceptors (Lipinski definition) is 4. The summed E-state index contributed by atoms with van der Waals surface area (Å²) < 4.78 is 5.33. The molecule has 0 radical (unpaired) electrons. The lowest BCUT2D eigenvalue weighted by atomic mass is 10.1. The number of methoxy groups -OCH3 is 1. The maximum Gasteiger partial charge on any atom is 0.241 e. The molecule has 6 heteroatoms. The molecule has 0 saturated carbocycles. The van der Waals surface area contributed by atoms with Crippen molar-refractivity contribution in [3.05, 3.63) is 53.7 Å². The Balaban J connectivity index is 1.55. The summed E-state index contributed by atoms with van der Waals surface area (Å²) in [5.41, 5.74) is 4.04. The summed E-state index contributed by atoms with van der Waals surface area (Å²) in [6, 6.07) is 14.1. The van der Waals surface area contributed by atoms with Crippen molar-refractivity contribution in [2.75, 3.05) is 25.1 Å². The average Bonchev–Trinajstić information content (AvgIpc) is 3.07. The number of para-hydroxylation sites is 1. The fourth-order valence-corrected chi connectivity index (χ4v) is 3.70. The van der Waals surface area contributed by atoms with Gasteiger partial charge in [-0.3, -0.25) is 14.8 Å². The fourth-order valence-electron chi connectivity index (χ4n) is 3.70. The third-order valence-corrected chi connectivity index (χ3v) is 5.32. The summed E-state index contributed by atoms with van der Waals surface area (Å²) in [6.45, 7) is 5.93. The SMILES string of the molecule is COc1ccc2n[nH]c(CN3CC(=O)N(c4ccccc4C)C[C@H]3C)c2c1. The van der Waals surface area contributed by atoms with Gasteiger partial charge in [-0.1, -0.05) is 18.2 Å². The number of ether oxygens (including phenoxy) is 1. The number of aryl methyl sites for hydroxylation is 1. The number of hydrogen-bond donors (Lipinski definition) is 1. The van der Waals surface area contributed by atoms with Crippen LogP contribution in [0.25, 0.3) is 10.9 Å². The topological polar surface area (TPSA) is 61.5 Å². The van der Waals surface area contributed by atoms with Gasteiger partial charge in [0.1, 0.15) is 5.75 Å². The van der Waals surface area contributed by atoms with Crippen LogP contribution in [0.3, 0.4) is 0 Å². The second-order valence-corrected chi connectivity index (χ2v) is 7.13. The number of fused-ring (bicyclic) bond motifs is 1. The molecular formula is C21H24N4O2. The summed E-state index contributed by atoms with van der Waals surface area (Å²) in [7, 11) is 1.66. The molecule has 2 aromatic carbocycles. The summed E-state index contributed by atoms with van der Waals surface area (Å²) in [5, 5.41) is 8.54. The van der Waals surface area contributed by atoms with Gasteiger partial charge in [-0.25, -0.2) is 0 Å². The van der Waals surface area contributed by atoms with E-state index in [1.807, 2.05) is 54.3 Å². The first-order valence-electron chi connectivity index (χ1n) is 9.18. The van der Waals surface area contributed by atoms with Crippen molar-refractivity contribution >= 4 is 22.5 Å². The molecule has 2 heterocycles. The van der Waals surface area contributed by atoms with Crippen LogP contribution in [0.5, 0.6) is 5.75 Å². The van der Waals surface area contributed by atoms with Crippen molar-refractivity contribution < 1.29 is 9.53 Å². The van der Waals surface area contributed by atoms with E-state index in [-0.39, 0.29) is 11.9 Å². The van der Waals surface area contributed by atoms with E-state index in [0.717, 1.165) is 33.6 Å². The van der Waals surface area contributed by atoms with Crippen molar-refractivity contribution in [2.45, 2.75) is 26.4 Å². The van der Waals surface area contributed by atoms with Crippen molar-refractivity contribution in [2.24, 2.45) is 0 Å². The van der Waals surface area contributed by atoms with Gasteiger partial charge >= 0.3 is 0 Å². The number of nitrogens with zero attached hydrogens (tertiary/aromatic N) is 3. The molecule has 0 unspecified atom stereocenters. The summed E-state index contributed by atoms with van der Waals surface area (Å²) in [5.74, 6) is 0.933. The van der Waals surface area contributed by atoms with E-state index in [4.69, 9.17) is 4.74 Å². The zero-order chi connectivity index (χ0) is 19.0. The lowest BCUT2D eigenvalue weighted by Gasteiger charge is -2.39. The van der Waals surface area contributed by atoms with E-state index in [2.05, 4.69) is 22.0 Å². The highest BCUT2D eigenvalue weighted by molar-refractivity contribution is 5.96. The van der Waals surface area contributed by atoms with Gasteiger partial charge in [-0.15, -0.1) is 0 Å². The Labute approximate surface area is 158 Å². The van der Waals surface area contributed by atoms with Crippen molar-refractivity contribution in [1.29, 1.82) is 0 Å². The number of benzene rings is 2. The van der Waals surface area contributed by atoms with E-state index in [1.54, 1.807) is 7.11 Å². The molecule has 3 aromatic rings. The highest BCUT2D eigenvalue weighted by atomic mass is 16.5. The fraction of sp³-hybridized carbons (Fsp3) is 0.333. The molecule has 1 aliphatic heterocycles. The Morgan fingerprint density at radius 3 is 2.85 bits per heavy atom. The van der Waals surface area contributed by atoms with Gasteiger partial charge in [0.25, 0.3) is 0 Å². The molecule has 1 N–H and O–H groups in total. The Hall–Kier alpha value is -2.86. The lowest BCUT2D eigenvalue weighted by Crippen LogP contribution is -2.55. The Kier molecular flexibility index (Phi) is 4.58. The molecule has 6 nitrogen and oxygen atoms in total. The van der Waals surface area contributed by atoms with Crippen molar-refractivity contribution in [3.63, 3.8) is 0 Å². The zero-order valence-corrected chi connectivity index (χ0v) is 15.9. The quantitative estimate of drug-likeness (QED) is 0.773. The number of aromatic nitrogens is 2. The number of carbonyl (C=O) groups is 1. The van der Waals surface area contributed by atoms with Crippen LogP contribution in [0.1, 0.15) is 18.2 Å². The zero-order valence-electron chi connectivity index (χ0n) is 15.9. The highest BCUT2D eigenvalue weighted by Crippen LogP contribution is 2.27. The molecule has 1 aromatic heterocycles. The van der Waals surface area contributed by atoms with Gasteiger partial charge in [-0.2, -0.15) is 5.10 Å². The standard InChI is InChI=1S/C21H24N4O2/c1-14-6-4-5-7-20(14)25-11-15(2)24(13-21(25)26)12-19-17-10-16(27-3)8-9-18(17)22-23-19/h4-10,15H,11-13H2,1-3H3,(H,22,23)/t15-/m1/s1. The molecule has 1 atom stereocenters. The predicted octanol–water partition coefficient (Wildman–Crippen LogP) is 3.12. The maximum absolute atomic E-state index is 12.8. The molecule has 1 saturated heterocycles. The maximum atomic E-state index is 12.8. The number of carbonyl (C=O) groups excluding carboxylic acids is 1. The van der Waals surface area contributed by atoms with E-state index in [0.29, 0.717) is 19.6 Å². The summed E-state index contributed by atoms with van der Waals surface area (Å²) >= 11 is 0. The van der Waals surface area contributed by atoms with Crippen LogP contribution >= 0.6 is 0 Å². The van der Waals surface area contributed by atoms with Crippen LogP contribution < -0.4 is 9.64 Å². The van der Waals surface area contributed by atoms with Gasteiger partial charge in [0.2, 0.25) is 5.91 Å². The van der Waals surface area contributed by atoms with E-state index in [1.165, 1.54) is 0 Å². The number of rotatable bonds is 4. The predicted molar refractivity (Wildman–Crippen MR) is 106 cm³/mol. The summed E-state index contributed by atoms with van der Waals surface area (Å²) in [6.07, 6.45) is 0. The molecule has 0 spiro atoms. The van der Waals surface area contributed by atoms with Crippen molar-refractivity contribution in [3.8, 4) is 5.75 Å². The molecule has 140 valence electrons. The van der Waals surface area contributed by atoms with E-state index in [9.17, 15) is 4.79 Å². The third-order valence-electron chi connectivity index (χ3n) is 5.32. The molecule has 4 rings (SSSR count). The lowest BCUT2D eigenvalue weighted by molar-refractivity contribution is -0.122. The van der Waals surface area contributed by atoms with E-state index < -0.39 is 0 Å². The highest BCUT2D eigenvalue weighted by Gasteiger charge is 2.31. The third kappa shape index (κ3) is 3.28. The number of H-pyrrole nitrogens is 1. The second kappa shape index (κ2) is 7.04. The van der Waals surface area contributed by atoms with Crippen LogP contribution in [0.4, 0.5) is 5.69 Å². The molecule has 27 heavy (non-hydrogen) atoms. The molecule has 0 bridgehead atoms. The molecule has 1 amide bonds. The van der Waals surface area contributed by atoms with Gasteiger partial charge < -0.3 is 9.64 Å². The minimum absolute atomic E-state index is 0.129. The van der Waals surface area contributed by atoms with Gasteiger partial charge in [0.05, 0.1) is 24.9 Å². The normalized spacial score (nSPS) is 18.3. The molecule has 1 aliphatic rings. The second-order valence-electron chi connectivity index (χ2n) is 7.13. The number of piperazine rings is 1. The van der Waals surface area contributed by atoms with Gasteiger partial charge in [0, 0.05) is 30.2 Å². The summed E-state index contributed by atoms with van der Waals surface area (Å²) in [4.78, 5) is 16.9. The van der Waals surface area contributed by atoms with Crippen LogP contribution in [0, 0.1) is 6.92 Å². The molecule has 0 aliphatic carbocycles. The first kappa shape index (κ1) is 17.5. The first-order valence-corrected chi connectivity index (χ1v) is 9.18. The van der Waals surface area contributed by atoms with Gasteiger partial charge in [-0.05, 0) is 43.7 Å². The van der Waals surface area contributed by atoms with Crippen LogP contribution in [0.15, 0.2) is 42.5 Å². The van der Waals surface area contributed by atoms with Crippen molar-refractivity contribution in [1.82, 2.24) is 15.1 Å². The molecular weight excluding hydrogens is 340 g/mol. The smallest absolute Gasteiger partial charge is 0.241 e. The number of nitrogens with one attached hydrogen (secondary N) is 1. The van der Waals surface area contributed by atoms with Gasteiger partial charge in [0.15, 0.2) is 0 Å². The number of anilines is 1. The Bertz CT molecular complexity index is 981. The van der Waals surface area contributed by atoms with E-state index >= 15 is 0 Å². The average molecular weight is 364 g/mol. The number of aromatic amines is 1. The first-order chi connectivity index (χ1) is 13.1. The van der Waals surface area contributed by atoms with Crippen LogP contribution in [-0.4, -0.2) is 47.2 Å². The number of amides is 1. The largest absolute Gasteiger partial charge is 0.497 e. The van der Waals surface area contributed by atoms with Crippen LogP contribution in [0.2, 0.25) is 0 Å². The minimum Gasteiger partial charge on any atom is -0.497 e. The minimum atomic E-state index is 0.129. The Morgan fingerprint density at radius 2 is 2.07 bits per heavy atom. The monoisotopic (exact) mass is 364 g/mol.